The Balaban J connectivity index is 0.000000147. The lowest BCUT2D eigenvalue weighted by Crippen LogP contribution is -2.17. The number of aromatic nitrogens is 5. The molecule has 0 radical (unpaired) electrons. The lowest BCUT2D eigenvalue weighted by atomic mass is 9.78. The summed E-state index contributed by atoms with van der Waals surface area (Å²) in [5, 5.41) is 35.4. The van der Waals surface area contributed by atoms with E-state index in [0.717, 1.165) is 107 Å². The number of thioether (sulfide) groups is 1. The van der Waals surface area contributed by atoms with Gasteiger partial charge in [0.25, 0.3) is 0 Å². The van der Waals surface area contributed by atoms with Crippen molar-refractivity contribution in [3.8, 4) is 102 Å². The van der Waals surface area contributed by atoms with Gasteiger partial charge in [-0.25, -0.2) is 9.97 Å². The monoisotopic (exact) mass is 1710 g/mol. The third kappa shape index (κ3) is 25.5. The lowest BCUT2D eigenvalue weighted by molar-refractivity contribution is 0.174. The van der Waals surface area contributed by atoms with Gasteiger partial charge in [0, 0.05) is 67.9 Å². The molecule has 0 saturated heterocycles. The highest BCUT2D eigenvalue weighted by molar-refractivity contribution is 7.99. The van der Waals surface area contributed by atoms with Crippen molar-refractivity contribution in [1.82, 2.24) is 24.9 Å². The lowest BCUT2D eigenvalue weighted by Gasteiger charge is -2.27. The van der Waals surface area contributed by atoms with Gasteiger partial charge in [-0.2, -0.15) is 11.8 Å². The summed E-state index contributed by atoms with van der Waals surface area (Å²) in [5.74, 6) is 3.94. The zero-order chi connectivity index (χ0) is 90.7. The molecule has 2 unspecified atom stereocenters. The molecule has 0 aliphatic rings. The zero-order valence-electron chi connectivity index (χ0n) is 77.1. The Bertz CT molecular complexity index is 6170. The fourth-order valence-corrected chi connectivity index (χ4v) is 16.5. The number of phenols is 2. The first-order chi connectivity index (χ1) is 61.7. The molecule has 0 spiro atoms. The summed E-state index contributed by atoms with van der Waals surface area (Å²) in [7, 11) is 0. The summed E-state index contributed by atoms with van der Waals surface area (Å²) >= 11 is 2.08. The second kappa shape index (κ2) is 45.0. The molecule has 0 aliphatic carbocycles. The van der Waals surface area contributed by atoms with Crippen LogP contribution in [-0.4, -0.2) is 52.2 Å². The van der Waals surface area contributed by atoms with Crippen LogP contribution in [0.4, 0.5) is 5.69 Å². The van der Waals surface area contributed by atoms with Crippen LogP contribution in [0.3, 0.4) is 0 Å². The molecule has 11 heteroatoms. The second-order valence-electron chi connectivity index (χ2n) is 36.1. The van der Waals surface area contributed by atoms with Gasteiger partial charge in [-0.1, -0.05) is 384 Å². The number of oxazole rings is 1. The van der Waals surface area contributed by atoms with Crippen LogP contribution in [0.1, 0.15) is 210 Å². The maximum absolute atomic E-state index is 11.4. The number of aliphatic imine (C=N–C) groups is 1. The Kier molecular flexibility index (Phi) is 33.1. The Morgan fingerprint density at radius 2 is 0.852 bits per heavy atom. The van der Waals surface area contributed by atoms with Crippen molar-refractivity contribution in [2.45, 2.75) is 182 Å². The molecule has 5 heterocycles. The highest BCUT2D eigenvalue weighted by atomic mass is 32.2. The summed E-state index contributed by atoms with van der Waals surface area (Å²) in [4.78, 5) is 28.7. The maximum Gasteiger partial charge on any atom is 0.227 e. The number of phenolic OH excluding ortho intramolecular Hbond substituents is 2. The molecule has 0 saturated carbocycles. The van der Waals surface area contributed by atoms with Crippen molar-refractivity contribution < 1.29 is 19.7 Å². The molecule has 2 atom stereocenters. The molecule has 0 bridgehead atoms. The van der Waals surface area contributed by atoms with Crippen LogP contribution >= 0.6 is 11.8 Å². The molecule has 0 amide bonds. The van der Waals surface area contributed by atoms with Gasteiger partial charge in [0.1, 0.15) is 17.2 Å². The van der Waals surface area contributed by atoms with Gasteiger partial charge in [-0.05, 0) is 170 Å². The van der Waals surface area contributed by atoms with Gasteiger partial charge >= 0.3 is 0 Å². The van der Waals surface area contributed by atoms with E-state index < -0.39 is 6.10 Å². The molecule has 3 N–H and O–H groups in total. The number of aliphatic hydroxyl groups excluding tert-OH is 1. The smallest absolute Gasteiger partial charge is 0.227 e. The van der Waals surface area contributed by atoms with E-state index >= 15 is 0 Å². The number of benzene rings is 11. The average molecular weight is 1710 g/mol. The van der Waals surface area contributed by atoms with Crippen LogP contribution in [0, 0.1) is 0 Å². The number of hydrogen-bond acceptors (Lipinski definition) is 11. The zero-order valence-corrected chi connectivity index (χ0v) is 77.9. The van der Waals surface area contributed by atoms with Crippen molar-refractivity contribution in [2.24, 2.45) is 4.99 Å². The van der Waals surface area contributed by atoms with Crippen molar-refractivity contribution >= 4 is 34.4 Å². The highest BCUT2D eigenvalue weighted by Crippen LogP contribution is 2.45. The number of pyridine rings is 4. The van der Waals surface area contributed by atoms with E-state index in [1.165, 1.54) is 76.6 Å². The van der Waals surface area contributed by atoms with E-state index in [9.17, 15) is 15.3 Å². The van der Waals surface area contributed by atoms with Gasteiger partial charge in [-0.3, -0.25) is 19.9 Å². The third-order valence-corrected chi connectivity index (χ3v) is 23.9. The van der Waals surface area contributed by atoms with Crippen LogP contribution < -0.4 is 0 Å². The normalized spacial score (nSPS) is 12.0. The number of hydrogen-bond donors (Lipinski definition) is 3. The van der Waals surface area contributed by atoms with E-state index in [2.05, 4.69) is 259 Å². The van der Waals surface area contributed by atoms with Crippen LogP contribution in [0.2, 0.25) is 0 Å². The molecular formula is C117H124N6O4S. The van der Waals surface area contributed by atoms with Crippen LogP contribution in [0.25, 0.3) is 101 Å². The van der Waals surface area contributed by atoms with Gasteiger partial charge in [0.2, 0.25) is 5.89 Å². The first-order valence-corrected chi connectivity index (χ1v) is 46.1. The minimum absolute atomic E-state index is 0.0250. The number of fused-ring (bicyclic) bond motifs is 1. The summed E-state index contributed by atoms with van der Waals surface area (Å²) < 4.78 is 6.23. The Morgan fingerprint density at radius 1 is 0.398 bits per heavy atom. The molecule has 5 aromatic heterocycles. The van der Waals surface area contributed by atoms with Crippen molar-refractivity contribution in [2.75, 3.05) is 5.75 Å². The van der Waals surface area contributed by atoms with E-state index in [4.69, 9.17) is 24.4 Å². The molecule has 0 aliphatic heterocycles. The molecule has 652 valence electrons. The number of nitrogens with zero attached hydrogens (tertiary/aromatic N) is 6. The molecular weight excluding hydrogens is 1590 g/mol. The van der Waals surface area contributed by atoms with Crippen LogP contribution in [-0.2, 0) is 22.7 Å². The van der Waals surface area contributed by atoms with E-state index in [-0.39, 0.29) is 22.0 Å². The SMILES string of the molecule is CC(C)(C)c1cc(-c2ccccc2)c(O)c(-c2cccc(-c3cccc4ccccc34)n2)c1.CC(C)(C)c1cc(-c2ccccn2)c(O)c(C(C)(C)C)c1.CC(C)c1cccc(C(C)C)c1N=Cc1nc(-c2ccccc2)oc1-c1ccccc1.CCCCSC(CCCC)c1cccc(-c2ccccc2)n1.OC(Cc1ccccc1)c1cccc(-c2ccccc2)n1. The number of rotatable bonds is 23. The number of aliphatic hydroxyl groups is 1. The minimum atomic E-state index is -0.587. The van der Waals surface area contributed by atoms with Crippen LogP contribution in [0.15, 0.2) is 355 Å². The van der Waals surface area contributed by atoms with Gasteiger partial charge in [0.05, 0.1) is 57.9 Å². The molecule has 16 rings (SSSR count). The minimum Gasteiger partial charge on any atom is -0.507 e. The second-order valence-corrected chi connectivity index (χ2v) is 37.4. The summed E-state index contributed by atoms with van der Waals surface area (Å²) in [5.41, 5.74) is 23.6. The Labute approximate surface area is 764 Å². The van der Waals surface area contributed by atoms with Gasteiger partial charge in [-0.15, -0.1) is 0 Å². The third-order valence-electron chi connectivity index (χ3n) is 22.5. The van der Waals surface area contributed by atoms with E-state index in [1.807, 2.05) is 212 Å². The largest absolute Gasteiger partial charge is 0.507 e. The fourth-order valence-electron chi connectivity index (χ4n) is 15.2. The summed E-state index contributed by atoms with van der Waals surface area (Å²) in [6.07, 6.45) is 9.93. The Hall–Kier alpha value is -12.9. The van der Waals surface area contributed by atoms with Gasteiger partial charge < -0.3 is 19.7 Å². The number of unbranched alkanes of at least 4 members (excludes halogenated alkanes) is 2. The highest BCUT2D eigenvalue weighted by Gasteiger charge is 2.28. The molecule has 10 nitrogen and oxygen atoms in total. The maximum atomic E-state index is 11.4. The quantitative estimate of drug-likeness (QED) is 0.0417. The van der Waals surface area contributed by atoms with Crippen molar-refractivity contribution in [3.05, 3.63) is 396 Å². The predicted molar refractivity (Wildman–Crippen MR) is 540 cm³/mol. The van der Waals surface area contributed by atoms with Crippen LogP contribution in [0.5, 0.6) is 11.5 Å². The van der Waals surface area contributed by atoms with Crippen molar-refractivity contribution in [1.29, 1.82) is 0 Å². The molecule has 128 heavy (non-hydrogen) atoms. The standard InChI is InChI=1S/C31H27NO.C28H28N2O.C20H27NS.C19H17NO.C19H25NO/c1-31(2,3)23-19-26(22-11-5-4-6-12-22)30(33)27(20-23)29-18-10-17-28(32-29)25-16-9-14-21-13-7-8-15-24(21)25;1-19(2)23-16-11-17-24(20(3)4)26(23)29-18-25-27(21-12-7-5-8-13-21)31-28(30-25)22-14-9-6-10-15-22;1-3-5-15-20(22-16-6-4-2)19-14-10-13-18(21-19)17-11-8-7-9-12-17;21-19(14-15-8-3-1-4-9-15)18-13-7-12-17(20-18)16-10-5-2-6-11-16;1-18(2,3)13-11-14(16-9-7-8-10-20-16)17(21)15(12-13)19(4,5)6/h4-20,33H,1-3H3;5-20H,1-4H3;7-14,20H,3-6,15-16H2,1-2H3;1-13,19,21H,14H2;7-12,21H,1-6H3. The topological polar surface area (TPSA) is 151 Å². The Morgan fingerprint density at radius 3 is 1.41 bits per heavy atom. The van der Waals surface area contributed by atoms with Gasteiger partial charge in [0.15, 0.2) is 5.76 Å². The number of aromatic hydroxyl groups is 2. The molecule has 11 aromatic carbocycles. The molecule has 16 aromatic rings. The molecule has 0 fully saturated rings. The summed E-state index contributed by atoms with van der Waals surface area (Å²) in [6, 6.07) is 114. The average Bonchev–Trinajstić information content (AvgIpc) is 0.974. The fraction of sp³-hybridized carbons (Fsp3) is 0.248. The first-order valence-electron chi connectivity index (χ1n) is 45.1. The van der Waals surface area contributed by atoms with Crippen molar-refractivity contribution in [3.63, 3.8) is 0 Å². The summed E-state index contributed by atoms with van der Waals surface area (Å²) in [6.45, 7) is 32.9. The van der Waals surface area contributed by atoms with E-state index in [1.54, 1.807) is 6.20 Å². The predicted octanol–water partition coefficient (Wildman–Crippen LogP) is 31.8. The first kappa shape index (κ1) is 94.2. The number of para-hydroxylation sites is 1. The van der Waals surface area contributed by atoms with E-state index in [0.29, 0.717) is 40.8 Å².